The second kappa shape index (κ2) is 7.26. The van der Waals surface area contributed by atoms with E-state index in [1.54, 1.807) is 0 Å². The summed E-state index contributed by atoms with van der Waals surface area (Å²) in [5.41, 5.74) is 1.24. The molecule has 1 atom stereocenters. The van der Waals surface area contributed by atoms with Gasteiger partial charge in [0.2, 0.25) is 0 Å². The average Bonchev–Trinajstić information content (AvgIpc) is 2.54. The summed E-state index contributed by atoms with van der Waals surface area (Å²) in [6.07, 6.45) is -0.898. The number of amides is 1. The van der Waals surface area contributed by atoms with Crippen molar-refractivity contribution >= 4 is 11.9 Å². The number of benzene rings is 2. The third kappa shape index (κ3) is 4.34. The van der Waals surface area contributed by atoms with Crippen molar-refractivity contribution in [2.75, 3.05) is 0 Å². The quantitative estimate of drug-likeness (QED) is 0.830. The van der Waals surface area contributed by atoms with Crippen LogP contribution in [0.5, 0.6) is 5.75 Å². The SMILES string of the molecule is C[C@@H](OC(=O)c1ccc(O)cc1)C(=O)NCc1ccccc1. The Kier molecular flexibility index (Phi) is 5.14. The Morgan fingerprint density at radius 1 is 1.09 bits per heavy atom. The van der Waals surface area contributed by atoms with Gasteiger partial charge in [0.1, 0.15) is 5.75 Å². The predicted octanol–water partition coefficient (Wildman–Crippen LogP) is 2.25. The first-order chi connectivity index (χ1) is 10.6. The number of aromatic hydroxyl groups is 1. The van der Waals surface area contributed by atoms with E-state index in [1.165, 1.54) is 31.2 Å². The van der Waals surface area contributed by atoms with Crippen LogP contribution in [0.25, 0.3) is 0 Å². The van der Waals surface area contributed by atoms with Gasteiger partial charge in [0, 0.05) is 6.54 Å². The number of carbonyl (C=O) groups excluding carboxylic acids is 2. The third-order valence-corrected chi connectivity index (χ3v) is 3.07. The molecule has 2 aromatic carbocycles. The molecule has 0 saturated carbocycles. The van der Waals surface area contributed by atoms with Gasteiger partial charge in [0.05, 0.1) is 5.56 Å². The Labute approximate surface area is 128 Å². The lowest BCUT2D eigenvalue weighted by atomic mass is 10.2. The summed E-state index contributed by atoms with van der Waals surface area (Å²) in [5, 5.41) is 11.9. The van der Waals surface area contributed by atoms with E-state index in [2.05, 4.69) is 5.32 Å². The van der Waals surface area contributed by atoms with Gasteiger partial charge < -0.3 is 15.2 Å². The summed E-state index contributed by atoms with van der Waals surface area (Å²) >= 11 is 0. The molecule has 0 unspecified atom stereocenters. The monoisotopic (exact) mass is 299 g/mol. The van der Waals surface area contributed by atoms with E-state index in [0.29, 0.717) is 6.54 Å². The molecule has 0 aliphatic carbocycles. The van der Waals surface area contributed by atoms with Crippen molar-refractivity contribution in [1.82, 2.24) is 5.32 Å². The summed E-state index contributed by atoms with van der Waals surface area (Å²) in [5.74, 6) is -0.913. The van der Waals surface area contributed by atoms with Crippen LogP contribution in [-0.4, -0.2) is 23.1 Å². The van der Waals surface area contributed by atoms with Gasteiger partial charge in [0.25, 0.3) is 5.91 Å². The van der Waals surface area contributed by atoms with Crippen LogP contribution >= 0.6 is 0 Å². The lowest BCUT2D eigenvalue weighted by Crippen LogP contribution is -2.35. The number of phenols is 1. The normalized spacial score (nSPS) is 11.5. The fourth-order valence-corrected chi connectivity index (χ4v) is 1.81. The second-order valence-electron chi connectivity index (χ2n) is 4.80. The van der Waals surface area contributed by atoms with Crippen LogP contribution in [0.15, 0.2) is 54.6 Å². The first-order valence-corrected chi connectivity index (χ1v) is 6.88. The number of rotatable bonds is 5. The summed E-state index contributed by atoms with van der Waals surface area (Å²) in [7, 11) is 0. The van der Waals surface area contributed by atoms with Crippen LogP contribution in [0.1, 0.15) is 22.8 Å². The number of phenolic OH excluding ortho intramolecular Hbond substituents is 1. The van der Waals surface area contributed by atoms with Crippen molar-refractivity contribution < 1.29 is 19.4 Å². The van der Waals surface area contributed by atoms with E-state index in [9.17, 15) is 14.7 Å². The molecular weight excluding hydrogens is 282 g/mol. The van der Waals surface area contributed by atoms with Gasteiger partial charge in [-0.15, -0.1) is 0 Å². The molecule has 1 amide bonds. The van der Waals surface area contributed by atoms with E-state index >= 15 is 0 Å². The molecule has 22 heavy (non-hydrogen) atoms. The molecule has 114 valence electrons. The van der Waals surface area contributed by atoms with Crippen molar-refractivity contribution in [2.24, 2.45) is 0 Å². The van der Waals surface area contributed by atoms with Gasteiger partial charge in [-0.25, -0.2) is 4.79 Å². The highest BCUT2D eigenvalue weighted by Crippen LogP contribution is 2.11. The predicted molar refractivity (Wildman–Crippen MR) is 81.3 cm³/mol. The first-order valence-electron chi connectivity index (χ1n) is 6.88. The highest BCUT2D eigenvalue weighted by molar-refractivity contribution is 5.92. The Morgan fingerprint density at radius 3 is 2.36 bits per heavy atom. The molecule has 0 bridgehead atoms. The molecule has 5 heteroatoms. The number of esters is 1. The van der Waals surface area contributed by atoms with Gasteiger partial charge in [-0.2, -0.15) is 0 Å². The number of nitrogens with one attached hydrogen (secondary N) is 1. The molecule has 2 aromatic rings. The van der Waals surface area contributed by atoms with Crippen LogP contribution in [0.2, 0.25) is 0 Å². The zero-order valence-electron chi connectivity index (χ0n) is 12.2. The molecule has 0 spiro atoms. The van der Waals surface area contributed by atoms with Crippen LogP contribution in [-0.2, 0) is 16.1 Å². The van der Waals surface area contributed by atoms with Gasteiger partial charge in [-0.1, -0.05) is 30.3 Å². The van der Waals surface area contributed by atoms with Crippen LogP contribution in [0, 0.1) is 0 Å². The largest absolute Gasteiger partial charge is 0.508 e. The molecule has 2 N–H and O–H groups in total. The average molecular weight is 299 g/mol. The second-order valence-corrected chi connectivity index (χ2v) is 4.80. The van der Waals surface area contributed by atoms with Gasteiger partial charge in [0.15, 0.2) is 6.10 Å². The molecule has 0 aromatic heterocycles. The minimum atomic E-state index is -0.898. The number of carbonyl (C=O) groups is 2. The Hall–Kier alpha value is -2.82. The maximum atomic E-state index is 11.9. The van der Waals surface area contributed by atoms with E-state index in [-0.39, 0.29) is 17.2 Å². The molecule has 0 aliphatic heterocycles. The summed E-state index contributed by atoms with van der Waals surface area (Å²) < 4.78 is 5.09. The molecule has 0 aliphatic rings. The summed E-state index contributed by atoms with van der Waals surface area (Å²) in [6, 6.07) is 15.1. The van der Waals surface area contributed by atoms with E-state index < -0.39 is 12.1 Å². The van der Waals surface area contributed by atoms with E-state index in [0.717, 1.165) is 5.56 Å². The highest BCUT2D eigenvalue weighted by Gasteiger charge is 2.18. The van der Waals surface area contributed by atoms with Crippen molar-refractivity contribution in [3.63, 3.8) is 0 Å². The first kappa shape index (κ1) is 15.6. The summed E-state index contributed by atoms with van der Waals surface area (Å²) in [4.78, 5) is 23.8. The van der Waals surface area contributed by atoms with Crippen LogP contribution < -0.4 is 5.32 Å². The standard InChI is InChI=1S/C17H17NO4/c1-12(16(20)18-11-13-5-3-2-4-6-13)22-17(21)14-7-9-15(19)10-8-14/h2-10,12,19H,11H2,1H3,(H,18,20)/t12-/m1/s1. The maximum absolute atomic E-state index is 11.9. The maximum Gasteiger partial charge on any atom is 0.338 e. The molecule has 5 nitrogen and oxygen atoms in total. The number of ether oxygens (including phenoxy) is 1. The fraction of sp³-hybridized carbons (Fsp3) is 0.176. The van der Waals surface area contributed by atoms with Crippen LogP contribution in [0.3, 0.4) is 0 Å². The van der Waals surface area contributed by atoms with Crippen molar-refractivity contribution in [2.45, 2.75) is 19.6 Å². The highest BCUT2D eigenvalue weighted by atomic mass is 16.5. The lowest BCUT2D eigenvalue weighted by molar-refractivity contribution is -0.129. The zero-order valence-corrected chi connectivity index (χ0v) is 12.2. The minimum Gasteiger partial charge on any atom is -0.508 e. The van der Waals surface area contributed by atoms with Crippen molar-refractivity contribution in [3.8, 4) is 5.75 Å². The Bertz CT molecular complexity index is 637. The number of hydrogen-bond acceptors (Lipinski definition) is 4. The molecule has 2 rings (SSSR count). The zero-order chi connectivity index (χ0) is 15.9. The van der Waals surface area contributed by atoms with Crippen molar-refractivity contribution in [3.05, 3.63) is 65.7 Å². The van der Waals surface area contributed by atoms with Crippen molar-refractivity contribution in [1.29, 1.82) is 0 Å². The summed E-state index contributed by atoms with van der Waals surface area (Å²) in [6.45, 7) is 1.89. The molecule has 0 radical (unpaired) electrons. The van der Waals surface area contributed by atoms with E-state index in [4.69, 9.17) is 4.74 Å². The molecule has 0 fully saturated rings. The van der Waals surface area contributed by atoms with E-state index in [1.807, 2.05) is 30.3 Å². The smallest absolute Gasteiger partial charge is 0.338 e. The van der Waals surface area contributed by atoms with Crippen LogP contribution in [0.4, 0.5) is 0 Å². The van der Waals surface area contributed by atoms with Gasteiger partial charge in [-0.05, 0) is 36.8 Å². The van der Waals surface area contributed by atoms with Gasteiger partial charge in [-0.3, -0.25) is 4.79 Å². The minimum absolute atomic E-state index is 0.0604. The Morgan fingerprint density at radius 2 is 1.73 bits per heavy atom. The molecular formula is C17H17NO4. The topological polar surface area (TPSA) is 75.6 Å². The number of hydrogen-bond donors (Lipinski definition) is 2. The Balaban J connectivity index is 1.85. The van der Waals surface area contributed by atoms with Gasteiger partial charge >= 0.3 is 5.97 Å². The molecule has 0 saturated heterocycles. The molecule has 0 heterocycles. The lowest BCUT2D eigenvalue weighted by Gasteiger charge is -2.13. The fourth-order valence-electron chi connectivity index (χ4n) is 1.81. The third-order valence-electron chi connectivity index (χ3n) is 3.07.